The van der Waals surface area contributed by atoms with Gasteiger partial charge in [-0.15, -0.1) is 0 Å². The minimum atomic E-state index is -2.06. The van der Waals surface area contributed by atoms with Gasteiger partial charge in [0.05, 0.1) is 17.6 Å². The summed E-state index contributed by atoms with van der Waals surface area (Å²) in [4.78, 5) is 67.3. The lowest BCUT2D eigenvalue weighted by Gasteiger charge is -2.65. The number of rotatable bonds is 4. The molecule has 20 atom stereocenters. The molecule has 0 bridgehead atoms. The molecule has 3 heterocycles. The lowest BCUT2D eigenvalue weighted by Crippen LogP contribution is -2.73. The van der Waals surface area contributed by atoms with Crippen LogP contribution in [-0.2, 0) is 47.6 Å². The van der Waals surface area contributed by atoms with Crippen LogP contribution in [0.25, 0.3) is 0 Å². The minimum Gasteiger partial charge on any atom is -0.462 e. The van der Waals surface area contributed by atoms with Crippen LogP contribution < -0.4 is 5.32 Å². The molecular formula is C36H49NO13. The van der Waals surface area contributed by atoms with Crippen LogP contribution >= 0.6 is 0 Å². The molecule has 14 nitrogen and oxygen atoms in total. The Labute approximate surface area is 290 Å². The maximum Gasteiger partial charge on any atom is 0.407 e. The van der Waals surface area contributed by atoms with E-state index < -0.39 is 130 Å². The highest BCUT2D eigenvalue weighted by molar-refractivity contribution is 5.90. The van der Waals surface area contributed by atoms with Crippen molar-refractivity contribution in [1.29, 1.82) is 0 Å². The van der Waals surface area contributed by atoms with E-state index in [4.69, 9.17) is 28.4 Å². The molecule has 5 saturated carbocycles. The van der Waals surface area contributed by atoms with Gasteiger partial charge in [0.25, 0.3) is 0 Å². The van der Waals surface area contributed by atoms with Crippen molar-refractivity contribution in [2.45, 2.75) is 123 Å². The van der Waals surface area contributed by atoms with E-state index in [1.54, 1.807) is 13.8 Å². The summed E-state index contributed by atoms with van der Waals surface area (Å²) in [5, 5.41) is 27.6. The number of carbonyl (C=O) groups is 5. The van der Waals surface area contributed by atoms with Crippen molar-refractivity contribution in [3.8, 4) is 0 Å². The van der Waals surface area contributed by atoms with Gasteiger partial charge in [0.1, 0.15) is 24.4 Å². The summed E-state index contributed by atoms with van der Waals surface area (Å²) in [7, 11) is 0. The molecule has 3 aliphatic heterocycles. The van der Waals surface area contributed by atoms with Crippen molar-refractivity contribution in [2.75, 3.05) is 6.54 Å². The molecule has 50 heavy (non-hydrogen) atoms. The maximum atomic E-state index is 15.0. The molecule has 14 heteroatoms. The van der Waals surface area contributed by atoms with Crippen molar-refractivity contribution in [3.05, 3.63) is 0 Å². The first-order valence-corrected chi connectivity index (χ1v) is 18.1. The molecule has 0 aromatic heterocycles. The predicted molar refractivity (Wildman–Crippen MR) is 167 cm³/mol. The van der Waals surface area contributed by atoms with Gasteiger partial charge in [0.15, 0.2) is 17.5 Å². The van der Waals surface area contributed by atoms with Crippen LogP contribution in [0.15, 0.2) is 0 Å². The van der Waals surface area contributed by atoms with Crippen LogP contribution in [0.3, 0.4) is 0 Å². The van der Waals surface area contributed by atoms with Gasteiger partial charge in [-0.25, -0.2) is 9.59 Å². The smallest absolute Gasteiger partial charge is 0.407 e. The van der Waals surface area contributed by atoms with Gasteiger partial charge in [-0.2, -0.15) is 0 Å². The van der Waals surface area contributed by atoms with E-state index in [0.29, 0.717) is 6.42 Å². The number of Topliss-reactive ketones (excluding diaryl/α,β-unsaturated/α-hetero) is 1. The summed E-state index contributed by atoms with van der Waals surface area (Å²) in [5.41, 5.74) is -5.66. The molecule has 8 aliphatic rings. The molecule has 0 aromatic carbocycles. The predicted octanol–water partition coefficient (Wildman–Crippen LogP) is 1.51. The number of carbonyl (C=O) groups excluding carboxylic acids is 5. The second kappa shape index (κ2) is 10.2. The average Bonchev–Trinajstić information content (AvgIpc) is 3.92. The van der Waals surface area contributed by atoms with E-state index in [1.807, 2.05) is 27.7 Å². The van der Waals surface area contributed by atoms with Gasteiger partial charge in [-0.05, 0) is 50.9 Å². The van der Waals surface area contributed by atoms with Crippen molar-refractivity contribution in [3.63, 3.8) is 0 Å². The van der Waals surface area contributed by atoms with Crippen molar-refractivity contribution < 1.29 is 62.6 Å². The first-order valence-electron chi connectivity index (χ1n) is 18.1. The summed E-state index contributed by atoms with van der Waals surface area (Å²) in [6, 6.07) is 0. The van der Waals surface area contributed by atoms with E-state index >= 15 is 0 Å². The Bertz CT molecular complexity index is 1580. The summed E-state index contributed by atoms with van der Waals surface area (Å²) in [6.45, 7) is 15.5. The number of ether oxygens (including phenoxy) is 6. The van der Waals surface area contributed by atoms with Gasteiger partial charge in [-0.3, -0.25) is 14.4 Å². The third kappa shape index (κ3) is 3.71. The van der Waals surface area contributed by atoms with E-state index in [-0.39, 0.29) is 24.3 Å². The SMILES string of the molecule is CCNC(=O)O[C@H]1C(=O)[C@H]2C[C@@H]3O[C@@H]3[C@H](OC(C)=O)[C@]2(C)[C@H]2[C@H](C)[C@H](OC(C)=O)[C@@]3(C)[C@@H]([C@@H](O)[C@@H]4[C@@H]3[C@H](C)[C@H]3O[C@]35OC(=O)[C@@](C)(O)[C@]45C)[C@@H]21. The molecule has 0 unspecified atom stereocenters. The number of epoxide rings is 2. The standard InChI is InChI=1S/C36H49NO13/c1-10-37-31(43)48-26-18-19(32(6)16(23(26)40)11-17-25(47-17)29(32)46-15(5)39)12(2)27(45-14(4)38)33(7)20-13(3)28-36(49-28)34(8,22(20)24(41)21(18)33)35(9,44)30(42)50-36/h12-13,16-22,24-29,41,44H,10-11H2,1-9H3,(H,37,43)/t12-,13-,16+,17-,18+,19-,20-,21+,22-,24+,25-,26+,27-,28+,29-,32-,33+,34-,35+,36-/m0/s1. The van der Waals surface area contributed by atoms with E-state index in [2.05, 4.69) is 5.32 Å². The third-order valence-corrected chi connectivity index (χ3v) is 15.3. The van der Waals surface area contributed by atoms with Crippen LogP contribution in [0.1, 0.15) is 68.7 Å². The fourth-order valence-electron chi connectivity index (χ4n) is 13.6. The van der Waals surface area contributed by atoms with Gasteiger partial charge in [0.2, 0.25) is 5.79 Å². The zero-order valence-electron chi connectivity index (χ0n) is 30.0. The van der Waals surface area contributed by atoms with Crippen LogP contribution in [0.4, 0.5) is 4.79 Å². The van der Waals surface area contributed by atoms with Gasteiger partial charge >= 0.3 is 24.0 Å². The van der Waals surface area contributed by atoms with E-state index in [9.17, 15) is 34.2 Å². The maximum absolute atomic E-state index is 15.0. The molecule has 8 fully saturated rings. The first kappa shape index (κ1) is 34.3. The largest absolute Gasteiger partial charge is 0.462 e. The molecular weight excluding hydrogens is 654 g/mol. The Morgan fingerprint density at radius 1 is 0.900 bits per heavy atom. The Kier molecular flexibility index (Phi) is 6.99. The van der Waals surface area contributed by atoms with Crippen molar-refractivity contribution in [1.82, 2.24) is 5.32 Å². The Balaban J connectivity index is 1.36. The van der Waals surface area contributed by atoms with Crippen LogP contribution in [-0.4, -0.2) is 101 Å². The molecule has 1 amide bonds. The van der Waals surface area contributed by atoms with E-state index in [0.717, 1.165) is 0 Å². The number of fused-ring (bicyclic) bond motifs is 9. The second-order valence-corrected chi connectivity index (χ2v) is 17.2. The molecule has 8 rings (SSSR count). The number of nitrogens with one attached hydrogen (secondary N) is 1. The van der Waals surface area contributed by atoms with Crippen LogP contribution in [0.2, 0.25) is 0 Å². The third-order valence-electron chi connectivity index (χ3n) is 15.3. The Morgan fingerprint density at radius 2 is 1.54 bits per heavy atom. The zero-order valence-corrected chi connectivity index (χ0v) is 30.0. The van der Waals surface area contributed by atoms with Gasteiger partial charge < -0.3 is 44.0 Å². The second-order valence-electron chi connectivity index (χ2n) is 17.2. The molecule has 0 aromatic rings. The number of ketones is 1. The number of amides is 1. The van der Waals surface area contributed by atoms with E-state index in [1.165, 1.54) is 20.8 Å². The minimum absolute atomic E-state index is 0.252. The quantitative estimate of drug-likeness (QED) is 0.217. The van der Waals surface area contributed by atoms with Crippen molar-refractivity contribution >= 4 is 29.8 Å². The number of hydrogen-bond donors (Lipinski definition) is 3. The fourth-order valence-corrected chi connectivity index (χ4v) is 13.6. The number of hydrogen-bond acceptors (Lipinski definition) is 13. The van der Waals surface area contributed by atoms with Gasteiger partial charge in [-0.1, -0.05) is 27.7 Å². The molecule has 3 saturated heterocycles. The number of aliphatic hydroxyl groups excluding tert-OH is 1. The average molecular weight is 704 g/mol. The molecule has 0 radical (unpaired) electrons. The van der Waals surface area contributed by atoms with Crippen molar-refractivity contribution in [2.24, 2.45) is 63.6 Å². The summed E-state index contributed by atoms with van der Waals surface area (Å²) < 4.78 is 36.6. The summed E-state index contributed by atoms with van der Waals surface area (Å²) in [5.74, 6) is -9.01. The molecule has 276 valence electrons. The fraction of sp³-hybridized carbons (Fsp3) is 0.861. The summed E-state index contributed by atoms with van der Waals surface area (Å²) >= 11 is 0. The van der Waals surface area contributed by atoms with Crippen LogP contribution in [0.5, 0.6) is 0 Å². The number of esters is 3. The van der Waals surface area contributed by atoms with Crippen LogP contribution in [0, 0.1) is 63.6 Å². The highest BCUT2D eigenvalue weighted by Gasteiger charge is 2.93. The lowest BCUT2D eigenvalue weighted by molar-refractivity contribution is -0.252. The Morgan fingerprint density at radius 3 is 2.16 bits per heavy atom. The number of aliphatic hydroxyl groups is 2. The lowest BCUT2D eigenvalue weighted by atomic mass is 9.39. The molecule has 1 spiro atoms. The highest BCUT2D eigenvalue weighted by Crippen LogP contribution is 2.81. The monoisotopic (exact) mass is 703 g/mol. The summed E-state index contributed by atoms with van der Waals surface area (Å²) in [6.07, 6.45) is -6.13. The Hall–Kier alpha value is -2.81. The molecule has 3 N–H and O–H groups in total. The van der Waals surface area contributed by atoms with Gasteiger partial charge in [0, 0.05) is 54.9 Å². The molecule has 5 aliphatic carbocycles. The topological polar surface area (TPSA) is 200 Å². The highest BCUT2D eigenvalue weighted by atomic mass is 16.8. The zero-order chi connectivity index (χ0) is 36.4. The first-order chi connectivity index (χ1) is 23.3. The normalized spacial score (nSPS) is 57.6. The number of alkyl carbamates (subject to hydrolysis) is 1.